The molecule has 0 radical (unpaired) electrons. The van der Waals surface area contributed by atoms with Gasteiger partial charge in [0.05, 0.1) is 25.4 Å². The molecule has 78 valence electrons. The summed E-state index contributed by atoms with van der Waals surface area (Å²) in [7, 11) is 2.00. The molecule has 0 aromatic rings. The minimum absolute atomic E-state index is 0.315. The van der Waals surface area contributed by atoms with Gasteiger partial charge in [0.15, 0.2) is 0 Å². The summed E-state index contributed by atoms with van der Waals surface area (Å²) in [5.41, 5.74) is 0. The normalized spacial score (nSPS) is 27.7. The van der Waals surface area contributed by atoms with Gasteiger partial charge in [0.2, 0.25) is 0 Å². The van der Waals surface area contributed by atoms with Crippen LogP contribution in [0.1, 0.15) is 26.7 Å². The van der Waals surface area contributed by atoms with Crippen LogP contribution in [0.15, 0.2) is 0 Å². The zero-order valence-electron chi connectivity index (χ0n) is 8.88. The van der Waals surface area contributed by atoms with Crippen LogP contribution in [-0.2, 0) is 9.47 Å². The van der Waals surface area contributed by atoms with Gasteiger partial charge in [-0.25, -0.2) is 0 Å². The van der Waals surface area contributed by atoms with Crippen molar-refractivity contribution in [3.05, 3.63) is 0 Å². The highest BCUT2D eigenvalue weighted by atomic mass is 16.5. The Hall–Kier alpha value is -0.120. The zero-order valence-corrected chi connectivity index (χ0v) is 8.88. The monoisotopic (exact) mass is 187 g/mol. The minimum Gasteiger partial charge on any atom is -0.376 e. The first kappa shape index (κ1) is 11.0. The molecule has 0 spiro atoms. The average Bonchev–Trinajstić information content (AvgIpc) is 2.00. The van der Waals surface area contributed by atoms with Gasteiger partial charge in [-0.1, -0.05) is 0 Å². The van der Waals surface area contributed by atoms with Crippen LogP contribution >= 0.6 is 0 Å². The van der Waals surface area contributed by atoms with Crippen molar-refractivity contribution in [1.82, 2.24) is 5.32 Å². The smallest absolute Gasteiger partial charge is 0.0704 e. The van der Waals surface area contributed by atoms with E-state index >= 15 is 0 Å². The molecule has 1 aliphatic rings. The van der Waals surface area contributed by atoms with Gasteiger partial charge >= 0.3 is 0 Å². The molecular weight excluding hydrogens is 166 g/mol. The second kappa shape index (κ2) is 5.58. The third-order valence-electron chi connectivity index (χ3n) is 2.39. The Labute approximate surface area is 80.8 Å². The lowest BCUT2D eigenvalue weighted by Gasteiger charge is -2.34. The van der Waals surface area contributed by atoms with Gasteiger partial charge in [0, 0.05) is 6.04 Å². The molecule has 0 aliphatic heterocycles. The molecule has 0 aromatic heterocycles. The molecule has 1 aliphatic carbocycles. The van der Waals surface area contributed by atoms with Gasteiger partial charge in [-0.15, -0.1) is 0 Å². The number of nitrogens with one attached hydrogen (secondary N) is 1. The summed E-state index contributed by atoms with van der Waals surface area (Å²) in [5, 5.41) is 3.23. The van der Waals surface area contributed by atoms with Crippen LogP contribution < -0.4 is 5.32 Å². The summed E-state index contributed by atoms with van der Waals surface area (Å²) in [5.74, 6) is 0. The molecule has 0 heterocycles. The highest BCUT2D eigenvalue weighted by molar-refractivity contribution is 4.84. The molecule has 1 fully saturated rings. The van der Waals surface area contributed by atoms with E-state index in [1.807, 2.05) is 20.9 Å². The Morgan fingerprint density at radius 3 is 2.54 bits per heavy atom. The van der Waals surface area contributed by atoms with E-state index in [1.54, 1.807) is 0 Å². The first-order valence-electron chi connectivity index (χ1n) is 5.13. The van der Waals surface area contributed by atoms with Crippen molar-refractivity contribution >= 4 is 0 Å². The largest absolute Gasteiger partial charge is 0.376 e. The molecule has 1 saturated carbocycles. The Balaban J connectivity index is 1.85. The Kier molecular flexibility index (Phi) is 4.70. The molecule has 3 heteroatoms. The number of hydrogen-bond acceptors (Lipinski definition) is 3. The molecule has 0 bridgehead atoms. The summed E-state index contributed by atoms with van der Waals surface area (Å²) in [6, 6.07) is 0.677. The molecule has 1 rings (SSSR count). The SMILES string of the molecule is CNC1CC(OCCOC(C)C)C1. The fourth-order valence-corrected chi connectivity index (χ4v) is 1.44. The van der Waals surface area contributed by atoms with Crippen LogP contribution in [0.5, 0.6) is 0 Å². The van der Waals surface area contributed by atoms with E-state index in [2.05, 4.69) is 5.32 Å². The maximum atomic E-state index is 5.60. The topological polar surface area (TPSA) is 30.5 Å². The molecule has 0 saturated heterocycles. The van der Waals surface area contributed by atoms with Crippen molar-refractivity contribution in [2.24, 2.45) is 0 Å². The average molecular weight is 187 g/mol. The van der Waals surface area contributed by atoms with Crippen molar-refractivity contribution in [3.63, 3.8) is 0 Å². The Morgan fingerprint density at radius 2 is 2.00 bits per heavy atom. The van der Waals surface area contributed by atoms with Gasteiger partial charge in [0.25, 0.3) is 0 Å². The maximum absolute atomic E-state index is 5.60. The molecule has 0 atom stereocenters. The second-order valence-electron chi connectivity index (χ2n) is 3.87. The van der Waals surface area contributed by atoms with Gasteiger partial charge in [0.1, 0.15) is 0 Å². The van der Waals surface area contributed by atoms with E-state index in [9.17, 15) is 0 Å². The van der Waals surface area contributed by atoms with E-state index in [1.165, 1.54) is 0 Å². The van der Waals surface area contributed by atoms with Crippen LogP contribution in [0.3, 0.4) is 0 Å². The lowest BCUT2D eigenvalue weighted by Crippen LogP contribution is -2.44. The molecule has 1 N–H and O–H groups in total. The zero-order chi connectivity index (χ0) is 9.68. The molecule has 0 amide bonds. The first-order chi connectivity index (χ1) is 6.22. The summed E-state index contributed by atoms with van der Waals surface area (Å²) in [4.78, 5) is 0. The molecule has 13 heavy (non-hydrogen) atoms. The van der Waals surface area contributed by atoms with Crippen molar-refractivity contribution in [1.29, 1.82) is 0 Å². The van der Waals surface area contributed by atoms with Crippen molar-refractivity contribution in [2.45, 2.75) is 44.9 Å². The van der Waals surface area contributed by atoms with E-state index in [0.29, 0.717) is 18.2 Å². The van der Waals surface area contributed by atoms with Crippen LogP contribution in [0, 0.1) is 0 Å². The standard InChI is InChI=1S/C10H21NO2/c1-8(2)12-4-5-13-10-6-9(7-10)11-3/h8-11H,4-7H2,1-3H3. The van der Waals surface area contributed by atoms with Crippen molar-refractivity contribution in [2.75, 3.05) is 20.3 Å². The third kappa shape index (κ3) is 4.07. The quantitative estimate of drug-likeness (QED) is 0.633. The molecule has 0 unspecified atom stereocenters. The van der Waals surface area contributed by atoms with Gasteiger partial charge in [-0.2, -0.15) is 0 Å². The van der Waals surface area contributed by atoms with Crippen LogP contribution in [0.4, 0.5) is 0 Å². The Morgan fingerprint density at radius 1 is 1.31 bits per heavy atom. The summed E-state index contributed by atoms with van der Waals surface area (Å²) in [6.45, 7) is 5.54. The minimum atomic E-state index is 0.315. The highest BCUT2D eigenvalue weighted by Crippen LogP contribution is 2.22. The number of hydrogen-bond donors (Lipinski definition) is 1. The Bertz CT molecular complexity index is 133. The third-order valence-corrected chi connectivity index (χ3v) is 2.39. The second-order valence-corrected chi connectivity index (χ2v) is 3.87. The summed E-state index contributed by atoms with van der Waals surface area (Å²) >= 11 is 0. The lowest BCUT2D eigenvalue weighted by atomic mass is 9.89. The first-order valence-corrected chi connectivity index (χ1v) is 5.13. The molecule has 3 nitrogen and oxygen atoms in total. The van der Waals surface area contributed by atoms with Crippen LogP contribution in [0.25, 0.3) is 0 Å². The fraction of sp³-hybridized carbons (Fsp3) is 1.00. The van der Waals surface area contributed by atoms with E-state index in [4.69, 9.17) is 9.47 Å². The predicted octanol–water partition coefficient (Wildman–Crippen LogP) is 1.18. The van der Waals surface area contributed by atoms with Gasteiger partial charge < -0.3 is 14.8 Å². The van der Waals surface area contributed by atoms with Crippen LogP contribution in [-0.4, -0.2) is 38.5 Å². The van der Waals surface area contributed by atoms with E-state index < -0.39 is 0 Å². The van der Waals surface area contributed by atoms with E-state index in [-0.39, 0.29) is 0 Å². The maximum Gasteiger partial charge on any atom is 0.0704 e. The number of rotatable bonds is 6. The predicted molar refractivity (Wildman–Crippen MR) is 52.9 cm³/mol. The van der Waals surface area contributed by atoms with Crippen molar-refractivity contribution < 1.29 is 9.47 Å². The number of ether oxygens (including phenoxy) is 2. The summed E-state index contributed by atoms with van der Waals surface area (Å²) < 4.78 is 11.0. The fourth-order valence-electron chi connectivity index (χ4n) is 1.44. The van der Waals surface area contributed by atoms with E-state index in [0.717, 1.165) is 26.1 Å². The lowest BCUT2D eigenvalue weighted by molar-refractivity contribution is -0.0497. The van der Waals surface area contributed by atoms with Crippen LogP contribution in [0.2, 0.25) is 0 Å². The molecule has 0 aromatic carbocycles. The van der Waals surface area contributed by atoms with Gasteiger partial charge in [-0.05, 0) is 33.7 Å². The summed E-state index contributed by atoms with van der Waals surface area (Å²) in [6.07, 6.45) is 3.08. The van der Waals surface area contributed by atoms with Crippen molar-refractivity contribution in [3.8, 4) is 0 Å². The highest BCUT2D eigenvalue weighted by Gasteiger charge is 2.27. The molecular formula is C10H21NO2. The van der Waals surface area contributed by atoms with Gasteiger partial charge in [-0.3, -0.25) is 0 Å².